The van der Waals surface area contributed by atoms with Crippen LogP contribution in [0.5, 0.6) is 0 Å². The van der Waals surface area contributed by atoms with Crippen molar-refractivity contribution in [2.45, 2.75) is 52.1 Å². The molecule has 5 rings (SSSR count). The van der Waals surface area contributed by atoms with Crippen molar-refractivity contribution in [3.8, 4) is 0 Å². The van der Waals surface area contributed by atoms with Gasteiger partial charge in [-0.05, 0) is 56.0 Å². The number of hydrogen-bond donors (Lipinski definition) is 2. The third-order valence-electron chi connectivity index (χ3n) is 7.61. The summed E-state index contributed by atoms with van der Waals surface area (Å²) in [6, 6.07) is 7.62. The van der Waals surface area contributed by atoms with Crippen molar-refractivity contribution < 1.29 is 9.90 Å². The van der Waals surface area contributed by atoms with E-state index in [1.807, 2.05) is 24.0 Å². The molecule has 4 aromatic rings. The van der Waals surface area contributed by atoms with Crippen molar-refractivity contribution in [3.05, 3.63) is 62.8 Å². The third kappa shape index (κ3) is 4.65. The van der Waals surface area contributed by atoms with Crippen LogP contribution in [0.25, 0.3) is 21.8 Å². The normalized spacial score (nSPS) is 15.4. The molecule has 1 unspecified atom stereocenters. The number of amides is 1. The molecule has 1 aliphatic heterocycles. The topological polar surface area (TPSA) is 105 Å². The van der Waals surface area contributed by atoms with E-state index in [9.17, 15) is 14.7 Å². The molecule has 0 aliphatic carbocycles. The van der Waals surface area contributed by atoms with Crippen LogP contribution in [0.3, 0.4) is 0 Å². The first-order chi connectivity index (χ1) is 18.2. The van der Waals surface area contributed by atoms with Crippen molar-refractivity contribution in [2.75, 3.05) is 25.0 Å². The second-order valence-corrected chi connectivity index (χ2v) is 10.6. The summed E-state index contributed by atoms with van der Waals surface area (Å²) in [4.78, 5) is 31.8. The Kier molecular flexibility index (Phi) is 7.15. The Morgan fingerprint density at radius 1 is 1.24 bits per heavy atom. The number of halogens is 1. The van der Waals surface area contributed by atoms with E-state index >= 15 is 0 Å². The Morgan fingerprint density at radius 3 is 2.66 bits per heavy atom. The summed E-state index contributed by atoms with van der Waals surface area (Å²) in [5.41, 5.74) is 4.36. The molecule has 9 nitrogen and oxygen atoms in total. The number of aliphatic hydroxyl groups is 1. The highest BCUT2D eigenvalue weighted by atomic mass is 35.5. The second-order valence-electron chi connectivity index (χ2n) is 10.2. The molecule has 1 fully saturated rings. The number of fused-ring (bicyclic) bond motifs is 3. The zero-order valence-electron chi connectivity index (χ0n) is 22.2. The molecule has 1 saturated heterocycles. The average Bonchev–Trinajstić information content (AvgIpc) is 3.31. The summed E-state index contributed by atoms with van der Waals surface area (Å²) < 4.78 is 3.28. The Bertz CT molecular complexity index is 1590. The van der Waals surface area contributed by atoms with E-state index in [-0.39, 0.29) is 30.0 Å². The lowest BCUT2D eigenvalue weighted by atomic mass is 9.91. The number of likely N-dealkylation sites (tertiary alicyclic amines) is 1. The van der Waals surface area contributed by atoms with Crippen molar-refractivity contribution in [3.63, 3.8) is 0 Å². The van der Waals surface area contributed by atoms with Crippen LogP contribution in [0.15, 0.2) is 35.3 Å². The molecule has 38 heavy (non-hydrogen) atoms. The van der Waals surface area contributed by atoms with Crippen LogP contribution in [0.4, 0.5) is 5.69 Å². The molecule has 1 aliphatic rings. The summed E-state index contributed by atoms with van der Waals surface area (Å²) in [6.45, 7) is 7.31. The molecular weight excluding hydrogens is 504 g/mol. The summed E-state index contributed by atoms with van der Waals surface area (Å²) >= 11 is 6.33. The Morgan fingerprint density at radius 2 is 1.97 bits per heavy atom. The van der Waals surface area contributed by atoms with E-state index in [1.54, 1.807) is 35.5 Å². The second kappa shape index (κ2) is 10.4. The first-order valence-corrected chi connectivity index (χ1v) is 13.4. The van der Waals surface area contributed by atoms with Gasteiger partial charge in [0.25, 0.3) is 5.56 Å². The van der Waals surface area contributed by atoms with E-state index in [0.29, 0.717) is 35.8 Å². The van der Waals surface area contributed by atoms with Crippen molar-refractivity contribution in [1.82, 2.24) is 24.2 Å². The quantitative estimate of drug-likeness (QED) is 0.359. The monoisotopic (exact) mass is 536 g/mol. The number of piperidine rings is 1. The number of benzene rings is 1. The predicted octanol–water partition coefficient (Wildman–Crippen LogP) is 4.14. The summed E-state index contributed by atoms with van der Waals surface area (Å²) in [6.07, 6.45) is 3.42. The fraction of sp³-hybridized carbons (Fsp3) is 0.429. The fourth-order valence-electron chi connectivity index (χ4n) is 5.73. The highest BCUT2D eigenvalue weighted by Gasteiger charge is 2.26. The number of hydrogen-bond acceptors (Lipinski definition) is 6. The molecule has 0 spiro atoms. The van der Waals surface area contributed by atoms with Crippen LogP contribution in [-0.4, -0.2) is 54.9 Å². The molecular formula is C28H33ClN6O3. The fourth-order valence-corrected chi connectivity index (χ4v) is 5.89. The number of nitrogens with zero attached hydrogens (tertiary/aromatic N) is 5. The highest BCUT2D eigenvalue weighted by Crippen LogP contribution is 2.36. The van der Waals surface area contributed by atoms with Gasteiger partial charge in [0, 0.05) is 55.2 Å². The number of nitrogens with one attached hydrogen (secondary N) is 1. The molecule has 200 valence electrons. The van der Waals surface area contributed by atoms with Crippen LogP contribution in [-0.2, 0) is 18.4 Å². The minimum absolute atomic E-state index is 0.0700. The van der Waals surface area contributed by atoms with Crippen LogP contribution < -0.4 is 10.9 Å². The standard InChI is InChI=1S/C28H33ClN6O3/c1-16-13-20(25-21(14-16)28(38)33(4)27-22(25)15-30-35(27)11-12-36)17(2)31-23-5-6-24(29)32-26(23)19-7-9-34(10-8-19)18(3)37/h5-6,13-15,17,19,31,36H,7-12H2,1-4H3. The third-order valence-corrected chi connectivity index (χ3v) is 7.83. The molecule has 10 heteroatoms. The van der Waals surface area contributed by atoms with Gasteiger partial charge in [0.2, 0.25) is 5.91 Å². The van der Waals surface area contributed by atoms with Crippen LogP contribution in [0.2, 0.25) is 5.15 Å². The summed E-state index contributed by atoms with van der Waals surface area (Å²) in [7, 11) is 1.74. The molecule has 4 heterocycles. The van der Waals surface area contributed by atoms with Crippen molar-refractivity contribution >= 4 is 45.0 Å². The number of carbonyl (C=O) groups is 1. The van der Waals surface area contributed by atoms with Crippen LogP contribution in [0, 0.1) is 6.92 Å². The Hall–Kier alpha value is -3.43. The van der Waals surface area contributed by atoms with E-state index in [0.717, 1.165) is 46.1 Å². The number of aliphatic hydroxyl groups excluding tert-OH is 1. The van der Waals surface area contributed by atoms with Crippen LogP contribution in [0.1, 0.15) is 55.5 Å². The van der Waals surface area contributed by atoms with E-state index in [2.05, 4.69) is 23.4 Å². The summed E-state index contributed by atoms with van der Waals surface area (Å²) in [5.74, 6) is 0.282. The maximum absolute atomic E-state index is 13.4. The lowest BCUT2D eigenvalue weighted by Gasteiger charge is -2.32. The molecule has 1 amide bonds. The number of anilines is 1. The van der Waals surface area contributed by atoms with Gasteiger partial charge >= 0.3 is 0 Å². The molecule has 0 bridgehead atoms. The van der Waals surface area contributed by atoms with E-state index < -0.39 is 0 Å². The van der Waals surface area contributed by atoms with Gasteiger partial charge in [0.05, 0.1) is 30.7 Å². The molecule has 2 N–H and O–H groups in total. The Balaban J connectivity index is 1.58. The first-order valence-electron chi connectivity index (χ1n) is 13.0. The number of rotatable bonds is 6. The van der Waals surface area contributed by atoms with Gasteiger partial charge in [-0.1, -0.05) is 17.7 Å². The molecule has 0 saturated carbocycles. The lowest BCUT2D eigenvalue weighted by molar-refractivity contribution is -0.129. The van der Waals surface area contributed by atoms with Gasteiger partial charge < -0.3 is 15.3 Å². The maximum Gasteiger partial charge on any atom is 0.259 e. The van der Waals surface area contributed by atoms with Gasteiger partial charge in [-0.15, -0.1) is 0 Å². The number of pyridine rings is 2. The largest absolute Gasteiger partial charge is 0.394 e. The van der Waals surface area contributed by atoms with Gasteiger partial charge in [-0.3, -0.25) is 14.2 Å². The predicted molar refractivity (Wildman–Crippen MR) is 150 cm³/mol. The molecule has 1 atom stereocenters. The zero-order chi connectivity index (χ0) is 27.1. The highest BCUT2D eigenvalue weighted by molar-refractivity contribution is 6.29. The lowest BCUT2D eigenvalue weighted by Crippen LogP contribution is -2.36. The molecule has 1 aromatic carbocycles. The van der Waals surface area contributed by atoms with Crippen LogP contribution >= 0.6 is 11.6 Å². The minimum Gasteiger partial charge on any atom is -0.394 e. The van der Waals surface area contributed by atoms with Crippen molar-refractivity contribution in [2.24, 2.45) is 7.05 Å². The molecule has 0 radical (unpaired) electrons. The van der Waals surface area contributed by atoms with Gasteiger partial charge in [-0.2, -0.15) is 5.10 Å². The zero-order valence-corrected chi connectivity index (χ0v) is 22.9. The van der Waals surface area contributed by atoms with Gasteiger partial charge in [-0.25, -0.2) is 9.67 Å². The van der Waals surface area contributed by atoms with Gasteiger partial charge in [0.15, 0.2) is 0 Å². The Labute approximate surface area is 226 Å². The average molecular weight is 537 g/mol. The molecule has 3 aromatic heterocycles. The van der Waals surface area contributed by atoms with E-state index in [4.69, 9.17) is 16.6 Å². The number of aromatic nitrogens is 4. The summed E-state index contributed by atoms with van der Waals surface area (Å²) in [5, 5.41) is 20.4. The first kappa shape index (κ1) is 26.2. The minimum atomic E-state index is -0.159. The van der Waals surface area contributed by atoms with Gasteiger partial charge in [0.1, 0.15) is 10.8 Å². The SMILES string of the molecule is CC(=O)N1CCC(c2nc(Cl)ccc2NC(C)c2cc(C)cc3c(=O)n(C)c4c(cnn4CCO)c23)CC1. The smallest absolute Gasteiger partial charge is 0.259 e. The van der Waals surface area contributed by atoms with Crippen molar-refractivity contribution in [1.29, 1.82) is 0 Å². The van der Waals surface area contributed by atoms with E-state index in [1.165, 1.54) is 0 Å². The number of aryl methyl sites for hydroxylation is 2. The number of carbonyl (C=O) groups excluding carboxylic acids is 1. The maximum atomic E-state index is 13.4.